The fraction of sp³-hybridized carbons (Fsp3) is 0.643. The topological polar surface area (TPSA) is 71.1 Å². The number of nitrogens with one attached hydrogen (secondary N) is 2. The number of nitrogens with zero attached hydrogens (tertiary/aromatic N) is 1. The molecule has 1 aromatic rings. The van der Waals surface area contributed by atoms with Crippen LogP contribution in [0.15, 0.2) is 23.4 Å². The van der Waals surface area contributed by atoms with Crippen molar-refractivity contribution in [3.63, 3.8) is 0 Å². The highest BCUT2D eigenvalue weighted by molar-refractivity contribution is 7.89. The van der Waals surface area contributed by atoms with Crippen molar-refractivity contribution in [2.24, 2.45) is 5.41 Å². The van der Waals surface area contributed by atoms with Crippen LogP contribution in [0.3, 0.4) is 0 Å². The summed E-state index contributed by atoms with van der Waals surface area (Å²) in [5, 5.41) is 3.36. The van der Waals surface area contributed by atoms with Crippen LogP contribution in [-0.2, 0) is 16.6 Å². The molecule has 2 N–H and O–H groups in total. The Hall–Kier alpha value is -0.980. The maximum Gasteiger partial charge on any atom is 0.258 e. The Morgan fingerprint density at radius 3 is 2.50 bits per heavy atom. The highest BCUT2D eigenvalue weighted by Crippen LogP contribution is 2.45. The monoisotopic (exact) mass is 297 g/mol. The molecule has 0 radical (unpaired) electrons. The molecule has 6 heteroatoms. The van der Waals surface area contributed by atoms with E-state index in [-0.39, 0.29) is 16.5 Å². The van der Waals surface area contributed by atoms with Crippen LogP contribution in [-0.4, -0.2) is 25.5 Å². The Labute approximate surface area is 121 Å². The van der Waals surface area contributed by atoms with Gasteiger partial charge in [-0.2, -0.15) is 0 Å². The van der Waals surface area contributed by atoms with Crippen LogP contribution >= 0.6 is 0 Å². The second-order valence-electron chi connectivity index (χ2n) is 6.41. The van der Waals surface area contributed by atoms with Gasteiger partial charge in [0.1, 0.15) is 0 Å². The summed E-state index contributed by atoms with van der Waals surface area (Å²) in [6, 6.07) is 3.78. The van der Waals surface area contributed by atoms with Crippen molar-refractivity contribution in [2.75, 3.05) is 0 Å². The second kappa shape index (κ2) is 5.42. The number of aromatic nitrogens is 1. The molecule has 112 valence electrons. The fourth-order valence-electron chi connectivity index (χ4n) is 1.91. The van der Waals surface area contributed by atoms with Gasteiger partial charge < -0.3 is 5.32 Å². The molecular formula is C14H23N3O2S. The number of rotatable bonds is 6. The van der Waals surface area contributed by atoms with Crippen LogP contribution < -0.4 is 10.0 Å². The molecule has 1 heterocycles. The third-order valence-electron chi connectivity index (χ3n) is 3.60. The first kappa shape index (κ1) is 15.4. The lowest BCUT2D eigenvalue weighted by atomic mass is 10.2. The Morgan fingerprint density at radius 1 is 1.40 bits per heavy atom. The lowest BCUT2D eigenvalue weighted by Gasteiger charge is -2.10. The molecule has 1 unspecified atom stereocenters. The smallest absolute Gasteiger partial charge is 0.258 e. The molecule has 1 saturated carbocycles. The minimum absolute atomic E-state index is 0.0246. The van der Waals surface area contributed by atoms with Crippen molar-refractivity contribution in [3.05, 3.63) is 23.9 Å². The van der Waals surface area contributed by atoms with E-state index in [0.717, 1.165) is 12.0 Å². The van der Waals surface area contributed by atoms with Crippen molar-refractivity contribution >= 4 is 10.0 Å². The van der Waals surface area contributed by atoms with E-state index in [2.05, 4.69) is 28.9 Å². The van der Waals surface area contributed by atoms with Gasteiger partial charge in [0.15, 0.2) is 5.03 Å². The summed E-state index contributed by atoms with van der Waals surface area (Å²) in [5.74, 6) is 0. The number of pyridine rings is 1. The summed E-state index contributed by atoms with van der Waals surface area (Å²) in [4.78, 5) is 4.07. The molecule has 0 saturated heterocycles. The molecule has 0 bridgehead atoms. The Bertz CT molecular complexity index is 565. The van der Waals surface area contributed by atoms with E-state index in [1.54, 1.807) is 18.3 Å². The van der Waals surface area contributed by atoms with E-state index in [1.807, 2.05) is 13.8 Å². The number of sulfonamides is 1. The summed E-state index contributed by atoms with van der Waals surface area (Å²) in [5.41, 5.74) is 1.04. The average Bonchev–Trinajstić information content (AvgIpc) is 2.93. The van der Waals surface area contributed by atoms with E-state index >= 15 is 0 Å². The maximum absolute atomic E-state index is 12.2. The second-order valence-corrected chi connectivity index (χ2v) is 8.07. The van der Waals surface area contributed by atoms with Crippen LogP contribution in [0.2, 0.25) is 0 Å². The van der Waals surface area contributed by atoms with Gasteiger partial charge >= 0.3 is 0 Å². The third-order valence-corrected chi connectivity index (χ3v) is 4.99. The van der Waals surface area contributed by atoms with Crippen LogP contribution in [0.25, 0.3) is 0 Å². The van der Waals surface area contributed by atoms with E-state index in [0.29, 0.717) is 12.6 Å². The summed E-state index contributed by atoms with van der Waals surface area (Å²) in [6.07, 6.45) is 2.49. The minimum Gasteiger partial charge on any atom is -0.310 e. The molecule has 1 aromatic heterocycles. The van der Waals surface area contributed by atoms with Gasteiger partial charge in [0, 0.05) is 24.8 Å². The Balaban J connectivity index is 2.02. The lowest BCUT2D eigenvalue weighted by molar-refractivity contribution is 0.551. The van der Waals surface area contributed by atoms with Gasteiger partial charge in [-0.1, -0.05) is 33.8 Å². The molecule has 0 aliphatic heterocycles. The van der Waals surface area contributed by atoms with Crippen molar-refractivity contribution in [3.8, 4) is 0 Å². The van der Waals surface area contributed by atoms with Crippen LogP contribution in [0.5, 0.6) is 0 Å². The highest BCUT2D eigenvalue weighted by atomic mass is 32.2. The van der Waals surface area contributed by atoms with Crippen LogP contribution in [0.4, 0.5) is 0 Å². The normalized spacial score (nSPS) is 21.1. The molecular weight excluding hydrogens is 274 g/mol. The van der Waals surface area contributed by atoms with Crippen LogP contribution in [0.1, 0.15) is 39.7 Å². The predicted molar refractivity (Wildman–Crippen MR) is 78.7 cm³/mol. The standard InChI is InChI=1S/C14H23N3O2S/c1-10(2)15-8-11-5-6-13(16-9-11)20(18,19)17-12-7-14(12,3)4/h5-6,9-10,12,15,17H,7-8H2,1-4H3. The molecule has 1 aliphatic rings. The van der Waals surface area contributed by atoms with Gasteiger partial charge in [0.25, 0.3) is 10.0 Å². The zero-order valence-electron chi connectivity index (χ0n) is 12.5. The molecule has 1 aliphatic carbocycles. The fourth-order valence-corrected chi connectivity index (χ4v) is 3.25. The Morgan fingerprint density at radius 2 is 2.05 bits per heavy atom. The molecule has 0 amide bonds. The summed E-state index contributed by atoms with van der Waals surface area (Å²) < 4.78 is 27.0. The molecule has 1 atom stereocenters. The van der Waals surface area contributed by atoms with Gasteiger partial charge in [0.2, 0.25) is 0 Å². The first-order chi connectivity index (χ1) is 9.21. The van der Waals surface area contributed by atoms with Crippen LogP contribution in [0, 0.1) is 5.41 Å². The molecule has 5 nitrogen and oxygen atoms in total. The molecule has 0 aromatic carbocycles. The minimum atomic E-state index is -3.50. The van der Waals surface area contributed by atoms with Crippen molar-refractivity contribution in [2.45, 2.75) is 57.8 Å². The number of hydrogen-bond donors (Lipinski definition) is 2. The van der Waals surface area contributed by atoms with Gasteiger partial charge in [-0.25, -0.2) is 18.1 Å². The first-order valence-corrected chi connectivity index (χ1v) is 8.40. The quantitative estimate of drug-likeness (QED) is 0.837. The maximum atomic E-state index is 12.2. The molecule has 20 heavy (non-hydrogen) atoms. The molecule has 2 rings (SSSR count). The molecule has 0 spiro atoms. The van der Waals surface area contributed by atoms with Crippen molar-refractivity contribution < 1.29 is 8.42 Å². The zero-order valence-corrected chi connectivity index (χ0v) is 13.3. The van der Waals surface area contributed by atoms with Gasteiger partial charge in [-0.15, -0.1) is 0 Å². The van der Waals surface area contributed by atoms with E-state index in [1.165, 1.54) is 0 Å². The van der Waals surface area contributed by atoms with Gasteiger partial charge in [-0.05, 0) is 23.5 Å². The van der Waals surface area contributed by atoms with Crippen molar-refractivity contribution in [1.29, 1.82) is 0 Å². The SMILES string of the molecule is CC(C)NCc1ccc(S(=O)(=O)NC2CC2(C)C)nc1. The first-order valence-electron chi connectivity index (χ1n) is 6.91. The average molecular weight is 297 g/mol. The van der Waals surface area contributed by atoms with Gasteiger partial charge in [0.05, 0.1) is 0 Å². The zero-order chi connectivity index (χ0) is 15.0. The summed E-state index contributed by atoms with van der Waals surface area (Å²) in [6.45, 7) is 8.91. The van der Waals surface area contributed by atoms with E-state index < -0.39 is 10.0 Å². The summed E-state index contributed by atoms with van der Waals surface area (Å²) in [7, 11) is -3.50. The summed E-state index contributed by atoms with van der Waals surface area (Å²) >= 11 is 0. The van der Waals surface area contributed by atoms with E-state index in [4.69, 9.17) is 0 Å². The Kier molecular flexibility index (Phi) is 4.18. The van der Waals surface area contributed by atoms with E-state index in [9.17, 15) is 8.42 Å². The third kappa shape index (κ3) is 3.77. The van der Waals surface area contributed by atoms with Gasteiger partial charge in [-0.3, -0.25) is 0 Å². The lowest BCUT2D eigenvalue weighted by Crippen LogP contribution is -2.29. The predicted octanol–water partition coefficient (Wildman–Crippen LogP) is 1.66. The molecule has 1 fully saturated rings. The van der Waals surface area contributed by atoms with Crippen molar-refractivity contribution in [1.82, 2.24) is 15.0 Å². The highest BCUT2D eigenvalue weighted by Gasteiger charge is 2.48. The largest absolute Gasteiger partial charge is 0.310 e. The number of hydrogen-bond acceptors (Lipinski definition) is 4.